The van der Waals surface area contributed by atoms with Crippen LogP contribution in [-0.4, -0.2) is 30.2 Å². The highest BCUT2D eigenvalue weighted by molar-refractivity contribution is 5.75. The van der Waals surface area contributed by atoms with E-state index in [0.29, 0.717) is 6.42 Å². The third kappa shape index (κ3) is 5.30. The van der Waals surface area contributed by atoms with Crippen molar-refractivity contribution in [3.8, 4) is 0 Å². The first kappa shape index (κ1) is 12.0. The summed E-state index contributed by atoms with van der Waals surface area (Å²) in [6, 6.07) is 0. The van der Waals surface area contributed by atoms with Gasteiger partial charge in [-0.1, -0.05) is 5.57 Å². The summed E-state index contributed by atoms with van der Waals surface area (Å²) < 4.78 is 29.1. The zero-order chi connectivity index (χ0) is 10.5. The van der Waals surface area contributed by atoms with E-state index in [1.165, 1.54) is 0 Å². The summed E-state index contributed by atoms with van der Waals surface area (Å²) in [6.07, 6.45) is 0.454. The summed E-state index contributed by atoms with van der Waals surface area (Å²) in [5.41, 5.74) is 0.804. The maximum absolute atomic E-state index is 12.3. The Morgan fingerprint density at radius 1 is 1.62 bits per heavy atom. The van der Waals surface area contributed by atoms with E-state index in [0.717, 1.165) is 5.57 Å². The van der Waals surface area contributed by atoms with Crippen molar-refractivity contribution in [3.05, 3.63) is 12.2 Å². The first-order chi connectivity index (χ1) is 5.86. The number of halogens is 2. The van der Waals surface area contributed by atoms with Gasteiger partial charge in [-0.3, -0.25) is 0 Å². The van der Waals surface area contributed by atoms with E-state index in [4.69, 9.17) is 5.11 Å². The molecule has 0 aliphatic rings. The van der Waals surface area contributed by atoms with Crippen LogP contribution in [0.4, 0.5) is 8.78 Å². The van der Waals surface area contributed by atoms with Crippen molar-refractivity contribution in [2.24, 2.45) is 0 Å². The summed E-state index contributed by atoms with van der Waals surface area (Å²) in [6.45, 7) is 4.26. The third-order valence-corrected chi connectivity index (χ3v) is 1.27. The molecule has 0 aliphatic heterocycles. The molecule has 0 heterocycles. The van der Waals surface area contributed by atoms with E-state index in [9.17, 15) is 13.6 Å². The number of hydrogen-bond donors (Lipinski definition) is 1. The summed E-state index contributed by atoms with van der Waals surface area (Å²) in [7, 11) is 0. The average molecular weight is 194 g/mol. The van der Waals surface area contributed by atoms with Crippen LogP contribution in [-0.2, 0) is 9.53 Å². The number of carboxylic acid groups (broad SMARTS) is 1. The highest BCUT2D eigenvalue weighted by Crippen LogP contribution is 2.13. The first-order valence-corrected chi connectivity index (χ1v) is 3.69. The van der Waals surface area contributed by atoms with E-state index in [1.54, 1.807) is 6.92 Å². The van der Waals surface area contributed by atoms with E-state index in [2.05, 4.69) is 11.3 Å². The molecule has 0 saturated carbocycles. The van der Waals surface area contributed by atoms with Crippen molar-refractivity contribution in [2.75, 3.05) is 13.2 Å². The quantitative estimate of drug-likeness (QED) is 0.517. The van der Waals surface area contributed by atoms with Crippen molar-refractivity contribution in [1.29, 1.82) is 0 Å². The van der Waals surface area contributed by atoms with Crippen molar-refractivity contribution in [2.45, 2.75) is 19.3 Å². The topological polar surface area (TPSA) is 46.5 Å². The van der Waals surface area contributed by atoms with Crippen molar-refractivity contribution < 1.29 is 23.4 Å². The maximum atomic E-state index is 12.3. The molecule has 0 fully saturated rings. The van der Waals surface area contributed by atoms with Crippen molar-refractivity contribution in [3.63, 3.8) is 0 Å². The van der Waals surface area contributed by atoms with Crippen LogP contribution in [0.15, 0.2) is 12.2 Å². The molecule has 0 aromatic heterocycles. The van der Waals surface area contributed by atoms with Crippen LogP contribution in [0.1, 0.15) is 13.3 Å². The molecule has 3 nitrogen and oxygen atoms in total. The Labute approximate surface area is 75.0 Å². The van der Waals surface area contributed by atoms with Crippen LogP contribution in [0.5, 0.6) is 0 Å². The molecule has 76 valence electrons. The minimum Gasteiger partial charge on any atom is -0.477 e. The van der Waals surface area contributed by atoms with Crippen LogP contribution in [0.2, 0.25) is 0 Å². The Morgan fingerprint density at radius 3 is 2.54 bits per heavy atom. The van der Waals surface area contributed by atoms with Gasteiger partial charge in [0.05, 0.1) is 6.61 Å². The molecule has 5 heteroatoms. The Hall–Kier alpha value is -0.970. The molecule has 0 spiro atoms. The molecule has 0 aliphatic carbocycles. The second-order valence-electron chi connectivity index (χ2n) is 2.77. The maximum Gasteiger partial charge on any atom is 0.377 e. The molecule has 13 heavy (non-hydrogen) atoms. The van der Waals surface area contributed by atoms with Crippen LogP contribution in [0, 0.1) is 0 Å². The van der Waals surface area contributed by atoms with Crippen molar-refractivity contribution in [1.82, 2.24) is 0 Å². The van der Waals surface area contributed by atoms with Crippen LogP contribution in [0.3, 0.4) is 0 Å². The first-order valence-electron chi connectivity index (χ1n) is 3.69. The van der Waals surface area contributed by atoms with Gasteiger partial charge in [-0.15, -0.1) is 6.58 Å². The third-order valence-electron chi connectivity index (χ3n) is 1.27. The van der Waals surface area contributed by atoms with Gasteiger partial charge in [-0.05, 0) is 13.3 Å². The number of carbonyl (C=O) groups is 1. The minimum atomic E-state index is -3.80. The number of hydrogen-bond acceptors (Lipinski definition) is 2. The zero-order valence-electron chi connectivity index (χ0n) is 7.35. The van der Waals surface area contributed by atoms with Gasteiger partial charge in [0, 0.05) is 0 Å². The summed E-state index contributed by atoms with van der Waals surface area (Å²) >= 11 is 0. The molecule has 0 atom stereocenters. The van der Waals surface area contributed by atoms with Crippen LogP contribution in [0.25, 0.3) is 0 Å². The van der Waals surface area contributed by atoms with E-state index in [1.807, 2.05) is 0 Å². The highest BCUT2D eigenvalue weighted by atomic mass is 19.3. The van der Waals surface area contributed by atoms with Gasteiger partial charge in [0.15, 0.2) is 0 Å². The van der Waals surface area contributed by atoms with Crippen LogP contribution >= 0.6 is 0 Å². The largest absolute Gasteiger partial charge is 0.477 e. The fourth-order valence-corrected chi connectivity index (χ4v) is 0.508. The molecule has 0 radical (unpaired) electrons. The lowest BCUT2D eigenvalue weighted by molar-refractivity contribution is -0.173. The van der Waals surface area contributed by atoms with E-state index < -0.39 is 18.5 Å². The molecule has 0 aromatic rings. The summed E-state index contributed by atoms with van der Waals surface area (Å²) in [4.78, 5) is 9.90. The number of ether oxygens (including phenoxy) is 1. The Balaban J connectivity index is 3.64. The van der Waals surface area contributed by atoms with Gasteiger partial charge in [0.1, 0.15) is 6.61 Å². The normalized spacial score (nSPS) is 11.3. The monoisotopic (exact) mass is 194 g/mol. The fourth-order valence-electron chi connectivity index (χ4n) is 0.508. The Morgan fingerprint density at radius 2 is 2.15 bits per heavy atom. The number of rotatable bonds is 6. The van der Waals surface area contributed by atoms with Gasteiger partial charge in [0.2, 0.25) is 0 Å². The van der Waals surface area contributed by atoms with Gasteiger partial charge < -0.3 is 9.84 Å². The van der Waals surface area contributed by atoms with Gasteiger partial charge in [-0.25, -0.2) is 4.79 Å². The molecule has 0 unspecified atom stereocenters. The lowest BCUT2D eigenvalue weighted by Gasteiger charge is -2.11. The molecule has 0 aromatic carbocycles. The van der Waals surface area contributed by atoms with Crippen molar-refractivity contribution >= 4 is 5.97 Å². The second-order valence-corrected chi connectivity index (χ2v) is 2.77. The molecule has 0 amide bonds. The molecule has 0 rings (SSSR count). The average Bonchev–Trinajstić information content (AvgIpc) is 1.97. The predicted octanol–water partition coefficient (Wildman–Crippen LogP) is 1.69. The zero-order valence-corrected chi connectivity index (χ0v) is 7.35. The fraction of sp³-hybridized carbons (Fsp3) is 0.625. The standard InChI is InChI=1S/C8H12F2O3/c1-6(2)3-4-13-5-8(9,10)7(11)12/h1,3-5H2,2H3,(H,11,12). The lowest BCUT2D eigenvalue weighted by Crippen LogP contribution is -2.33. The van der Waals surface area contributed by atoms with Gasteiger partial charge >= 0.3 is 11.9 Å². The molecule has 0 saturated heterocycles. The number of carboxylic acids is 1. The highest BCUT2D eigenvalue weighted by Gasteiger charge is 2.38. The van der Waals surface area contributed by atoms with E-state index in [-0.39, 0.29) is 6.61 Å². The van der Waals surface area contributed by atoms with Crippen LogP contribution < -0.4 is 0 Å². The summed E-state index contributed by atoms with van der Waals surface area (Å²) in [5.74, 6) is -5.96. The second kappa shape index (κ2) is 4.91. The predicted molar refractivity (Wildman–Crippen MR) is 42.8 cm³/mol. The molecular weight excluding hydrogens is 182 g/mol. The Kier molecular flexibility index (Phi) is 4.55. The smallest absolute Gasteiger partial charge is 0.377 e. The van der Waals surface area contributed by atoms with Gasteiger partial charge in [-0.2, -0.15) is 8.78 Å². The van der Waals surface area contributed by atoms with E-state index >= 15 is 0 Å². The SMILES string of the molecule is C=C(C)CCOCC(F)(F)C(=O)O. The number of alkyl halides is 2. The lowest BCUT2D eigenvalue weighted by atomic mass is 10.3. The Bertz CT molecular complexity index is 202. The molecular formula is C8H12F2O3. The summed E-state index contributed by atoms with van der Waals surface area (Å²) in [5, 5.41) is 8.00. The van der Waals surface area contributed by atoms with Gasteiger partial charge in [0.25, 0.3) is 0 Å². The molecule has 1 N–H and O–H groups in total. The molecule has 0 bridgehead atoms. The number of aliphatic carboxylic acids is 1. The minimum absolute atomic E-state index is 0.0677.